The zero-order valence-electron chi connectivity index (χ0n) is 11.9. The van der Waals surface area contributed by atoms with Crippen LogP contribution in [0, 0.1) is 5.82 Å². The molecule has 0 spiro atoms. The first-order valence-electron chi connectivity index (χ1n) is 6.99. The summed E-state index contributed by atoms with van der Waals surface area (Å²) in [6, 6.07) is 4.47. The molecule has 1 fully saturated rings. The molecule has 4 nitrogen and oxygen atoms in total. The maximum Gasteiger partial charge on any atom is 0.328 e. The minimum absolute atomic E-state index is 0.108. The number of halogens is 1. The zero-order valence-corrected chi connectivity index (χ0v) is 11.9. The molecule has 0 aliphatic heterocycles. The molecule has 2 atom stereocenters. The van der Waals surface area contributed by atoms with Crippen molar-refractivity contribution in [1.82, 2.24) is 0 Å². The molecule has 0 saturated heterocycles. The number of hydrogen-bond donors (Lipinski definition) is 1. The second kappa shape index (κ2) is 7.22. The minimum Gasteiger partial charge on any atom is -0.487 e. The topological polar surface area (TPSA) is 55.8 Å². The van der Waals surface area contributed by atoms with Crippen LogP contribution in [0.3, 0.4) is 0 Å². The highest BCUT2D eigenvalue weighted by molar-refractivity contribution is 5.85. The lowest BCUT2D eigenvalue weighted by atomic mass is 9.95. The van der Waals surface area contributed by atoms with Gasteiger partial charge in [0.25, 0.3) is 0 Å². The molecule has 1 saturated carbocycles. The van der Waals surface area contributed by atoms with Gasteiger partial charge < -0.3 is 14.6 Å². The normalized spacial score (nSPS) is 22.4. The molecule has 1 aliphatic carbocycles. The van der Waals surface area contributed by atoms with Gasteiger partial charge in [-0.05, 0) is 31.4 Å². The van der Waals surface area contributed by atoms with Gasteiger partial charge in [-0.3, -0.25) is 0 Å². The van der Waals surface area contributed by atoms with E-state index in [9.17, 15) is 9.18 Å². The third-order valence-corrected chi connectivity index (χ3v) is 3.60. The number of hydrogen-bond acceptors (Lipinski definition) is 3. The number of benzene rings is 1. The molecule has 1 N–H and O–H groups in total. The molecule has 1 aromatic carbocycles. The zero-order chi connectivity index (χ0) is 15.2. The Morgan fingerprint density at radius 3 is 2.86 bits per heavy atom. The van der Waals surface area contributed by atoms with Crippen molar-refractivity contribution in [3.8, 4) is 5.75 Å². The summed E-state index contributed by atoms with van der Waals surface area (Å²) < 4.78 is 25.1. The van der Waals surface area contributed by atoms with Gasteiger partial charge in [-0.15, -0.1) is 0 Å². The van der Waals surface area contributed by atoms with E-state index in [1.807, 2.05) is 0 Å². The van der Waals surface area contributed by atoms with Gasteiger partial charge in [0.1, 0.15) is 6.10 Å². The van der Waals surface area contributed by atoms with Crippen LogP contribution in [0.1, 0.15) is 31.2 Å². The van der Waals surface area contributed by atoms with E-state index in [4.69, 9.17) is 14.6 Å². The SMILES string of the molecule is COC1CCCC(Oc2c(F)cccc2/C=C/C(=O)O)C1. The van der Waals surface area contributed by atoms with Crippen molar-refractivity contribution in [3.63, 3.8) is 0 Å². The van der Waals surface area contributed by atoms with Crippen LogP contribution in [-0.4, -0.2) is 30.4 Å². The van der Waals surface area contributed by atoms with E-state index in [-0.39, 0.29) is 18.0 Å². The predicted octanol–water partition coefficient (Wildman–Crippen LogP) is 3.26. The Balaban J connectivity index is 2.16. The fourth-order valence-corrected chi connectivity index (χ4v) is 2.53. The van der Waals surface area contributed by atoms with Gasteiger partial charge in [0.2, 0.25) is 0 Å². The van der Waals surface area contributed by atoms with E-state index in [1.165, 1.54) is 18.2 Å². The van der Waals surface area contributed by atoms with Crippen molar-refractivity contribution in [1.29, 1.82) is 0 Å². The summed E-state index contributed by atoms with van der Waals surface area (Å²) in [5.41, 5.74) is 0.428. The summed E-state index contributed by atoms with van der Waals surface area (Å²) in [4.78, 5) is 10.6. The fraction of sp³-hybridized carbons (Fsp3) is 0.438. The molecule has 1 aromatic rings. The van der Waals surface area contributed by atoms with Crippen molar-refractivity contribution < 1.29 is 23.8 Å². The molecular formula is C16H19FO4. The first kappa shape index (κ1) is 15.5. The highest BCUT2D eigenvalue weighted by atomic mass is 19.1. The fourth-order valence-electron chi connectivity index (χ4n) is 2.53. The molecule has 114 valence electrons. The summed E-state index contributed by atoms with van der Waals surface area (Å²) in [7, 11) is 1.66. The van der Waals surface area contributed by atoms with Crippen LogP contribution in [0.4, 0.5) is 4.39 Å². The van der Waals surface area contributed by atoms with Crippen LogP contribution < -0.4 is 4.74 Å². The number of aliphatic carboxylic acids is 1. The van der Waals surface area contributed by atoms with Gasteiger partial charge in [0.15, 0.2) is 11.6 Å². The van der Waals surface area contributed by atoms with Gasteiger partial charge in [0.05, 0.1) is 6.10 Å². The average Bonchev–Trinajstić information content (AvgIpc) is 2.48. The maximum atomic E-state index is 14.0. The summed E-state index contributed by atoms with van der Waals surface area (Å²) in [6.45, 7) is 0. The monoisotopic (exact) mass is 294 g/mol. The van der Waals surface area contributed by atoms with Crippen LogP contribution in [0.15, 0.2) is 24.3 Å². The second-order valence-electron chi connectivity index (χ2n) is 5.09. The number of carbonyl (C=O) groups is 1. The van der Waals surface area contributed by atoms with E-state index in [1.54, 1.807) is 13.2 Å². The number of rotatable bonds is 5. The number of para-hydroxylation sites is 1. The first-order chi connectivity index (χ1) is 10.1. The quantitative estimate of drug-likeness (QED) is 0.847. The van der Waals surface area contributed by atoms with E-state index in [0.717, 1.165) is 25.3 Å². The molecule has 2 unspecified atom stereocenters. The Hall–Kier alpha value is -1.88. The summed E-state index contributed by atoms with van der Waals surface area (Å²) in [5.74, 6) is -1.46. The lowest BCUT2D eigenvalue weighted by Crippen LogP contribution is -2.29. The Labute approximate surface area is 123 Å². The van der Waals surface area contributed by atoms with Gasteiger partial charge in [0, 0.05) is 25.2 Å². The summed E-state index contributed by atoms with van der Waals surface area (Å²) >= 11 is 0. The molecule has 0 bridgehead atoms. The lowest BCUT2D eigenvalue weighted by molar-refractivity contribution is -0.131. The largest absolute Gasteiger partial charge is 0.487 e. The molecule has 0 amide bonds. The minimum atomic E-state index is -1.08. The molecule has 21 heavy (non-hydrogen) atoms. The van der Waals surface area contributed by atoms with Gasteiger partial charge in [-0.1, -0.05) is 12.1 Å². The molecule has 2 rings (SSSR count). The van der Waals surface area contributed by atoms with E-state index < -0.39 is 11.8 Å². The number of methoxy groups -OCH3 is 1. The van der Waals surface area contributed by atoms with E-state index in [2.05, 4.69) is 0 Å². The van der Waals surface area contributed by atoms with Gasteiger partial charge in [-0.2, -0.15) is 0 Å². The van der Waals surface area contributed by atoms with Crippen LogP contribution in [0.5, 0.6) is 5.75 Å². The van der Waals surface area contributed by atoms with Crippen molar-refractivity contribution >= 4 is 12.0 Å². The van der Waals surface area contributed by atoms with Crippen LogP contribution in [0.2, 0.25) is 0 Å². The second-order valence-corrected chi connectivity index (χ2v) is 5.09. The van der Waals surface area contributed by atoms with Crippen molar-refractivity contribution in [2.75, 3.05) is 7.11 Å². The number of carboxylic acid groups (broad SMARTS) is 1. The Morgan fingerprint density at radius 2 is 2.14 bits per heavy atom. The molecule has 5 heteroatoms. The number of ether oxygens (including phenoxy) is 2. The molecule has 0 radical (unpaired) electrons. The Morgan fingerprint density at radius 1 is 1.38 bits per heavy atom. The molecule has 1 aliphatic rings. The summed E-state index contributed by atoms with van der Waals surface area (Å²) in [6.07, 6.45) is 5.85. The Bertz CT molecular complexity index is 527. The van der Waals surface area contributed by atoms with Crippen LogP contribution in [0.25, 0.3) is 6.08 Å². The highest BCUT2D eigenvalue weighted by Crippen LogP contribution is 2.30. The van der Waals surface area contributed by atoms with Crippen LogP contribution >= 0.6 is 0 Å². The molecule has 0 aromatic heterocycles. The van der Waals surface area contributed by atoms with Gasteiger partial charge in [-0.25, -0.2) is 9.18 Å². The third kappa shape index (κ3) is 4.29. The van der Waals surface area contributed by atoms with Crippen molar-refractivity contribution in [2.45, 2.75) is 37.9 Å². The Kier molecular flexibility index (Phi) is 5.33. The first-order valence-corrected chi connectivity index (χ1v) is 6.99. The average molecular weight is 294 g/mol. The highest BCUT2D eigenvalue weighted by Gasteiger charge is 2.24. The predicted molar refractivity (Wildman–Crippen MR) is 76.8 cm³/mol. The van der Waals surface area contributed by atoms with Crippen molar-refractivity contribution in [3.05, 3.63) is 35.7 Å². The maximum absolute atomic E-state index is 14.0. The molecule has 0 heterocycles. The molecular weight excluding hydrogens is 275 g/mol. The smallest absolute Gasteiger partial charge is 0.328 e. The number of carboxylic acids is 1. The van der Waals surface area contributed by atoms with E-state index >= 15 is 0 Å². The third-order valence-electron chi connectivity index (χ3n) is 3.60. The van der Waals surface area contributed by atoms with E-state index in [0.29, 0.717) is 12.0 Å². The van der Waals surface area contributed by atoms with Crippen LogP contribution in [-0.2, 0) is 9.53 Å². The summed E-state index contributed by atoms with van der Waals surface area (Å²) in [5, 5.41) is 8.69. The standard InChI is InChI=1S/C16H19FO4/c1-20-12-5-3-6-13(10-12)21-16-11(8-9-15(18)19)4-2-7-14(16)17/h2,4,7-9,12-13H,3,5-6,10H2,1H3,(H,18,19)/b9-8+. The van der Waals surface area contributed by atoms with Crippen molar-refractivity contribution in [2.24, 2.45) is 0 Å². The lowest BCUT2D eigenvalue weighted by Gasteiger charge is -2.29. The van der Waals surface area contributed by atoms with Gasteiger partial charge >= 0.3 is 5.97 Å².